The van der Waals surface area contributed by atoms with Crippen molar-refractivity contribution in [2.24, 2.45) is 5.41 Å². The Balaban J connectivity index is 1.80. The molecular formula is C11H21NOS. The van der Waals surface area contributed by atoms with Crippen LogP contribution in [0, 0.1) is 5.41 Å². The minimum Gasteiger partial charge on any atom is -0.392 e. The Morgan fingerprint density at radius 1 is 1.29 bits per heavy atom. The molecule has 2 nitrogen and oxygen atoms in total. The third kappa shape index (κ3) is 1.95. The first-order valence-corrected chi connectivity index (χ1v) is 6.78. The molecule has 1 aliphatic heterocycles. The van der Waals surface area contributed by atoms with E-state index in [9.17, 15) is 5.11 Å². The number of aliphatic hydroxyl groups is 1. The molecule has 2 atom stereocenters. The molecule has 2 aliphatic rings. The van der Waals surface area contributed by atoms with Crippen LogP contribution in [0.15, 0.2) is 0 Å². The van der Waals surface area contributed by atoms with Gasteiger partial charge in [0.15, 0.2) is 0 Å². The van der Waals surface area contributed by atoms with Gasteiger partial charge in [0.05, 0.1) is 6.10 Å². The van der Waals surface area contributed by atoms with Crippen molar-refractivity contribution in [3.63, 3.8) is 0 Å². The highest BCUT2D eigenvalue weighted by Crippen LogP contribution is 2.41. The molecule has 1 heterocycles. The molecule has 0 aromatic heterocycles. The summed E-state index contributed by atoms with van der Waals surface area (Å²) in [5.41, 5.74) is 0.0879. The van der Waals surface area contributed by atoms with Gasteiger partial charge >= 0.3 is 0 Å². The van der Waals surface area contributed by atoms with Gasteiger partial charge in [0.1, 0.15) is 0 Å². The minimum atomic E-state index is -0.0991. The zero-order valence-electron chi connectivity index (χ0n) is 9.12. The fraction of sp³-hybridized carbons (Fsp3) is 1.00. The van der Waals surface area contributed by atoms with Gasteiger partial charge in [0.2, 0.25) is 0 Å². The average molecular weight is 215 g/mol. The van der Waals surface area contributed by atoms with Crippen molar-refractivity contribution in [3.8, 4) is 0 Å². The summed E-state index contributed by atoms with van der Waals surface area (Å²) in [5, 5.41) is 13.3. The highest BCUT2D eigenvalue weighted by atomic mass is 32.2. The summed E-state index contributed by atoms with van der Waals surface area (Å²) in [6, 6.07) is 1.23. The minimum absolute atomic E-state index is 0.0879. The lowest BCUT2D eigenvalue weighted by molar-refractivity contribution is -0.0761. The summed E-state index contributed by atoms with van der Waals surface area (Å²) in [4.78, 5) is 0. The Kier molecular flexibility index (Phi) is 3.10. The summed E-state index contributed by atoms with van der Waals surface area (Å²) < 4.78 is 0. The predicted molar refractivity (Wildman–Crippen MR) is 61.7 cm³/mol. The standard InChI is InChI=1S/C11H21NOS/c1-11(2)9(7-10(11)13)12-8-3-5-14-6-4-8/h8-10,12-13H,3-7H2,1-2H3. The summed E-state index contributed by atoms with van der Waals surface area (Å²) in [5.74, 6) is 2.60. The number of thioether (sulfide) groups is 1. The number of aliphatic hydroxyl groups excluding tert-OH is 1. The van der Waals surface area contributed by atoms with Crippen LogP contribution in [0.1, 0.15) is 33.1 Å². The first-order valence-electron chi connectivity index (χ1n) is 5.62. The molecule has 1 saturated heterocycles. The molecular weight excluding hydrogens is 194 g/mol. The van der Waals surface area contributed by atoms with E-state index in [4.69, 9.17) is 0 Å². The van der Waals surface area contributed by atoms with Crippen molar-refractivity contribution in [1.29, 1.82) is 0 Å². The predicted octanol–water partition coefficient (Wildman–Crippen LogP) is 1.63. The smallest absolute Gasteiger partial charge is 0.0621 e. The molecule has 0 spiro atoms. The monoisotopic (exact) mass is 215 g/mol. The maximum absolute atomic E-state index is 9.63. The van der Waals surface area contributed by atoms with E-state index < -0.39 is 0 Å². The van der Waals surface area contributed by atoms with E-state index in [2.05, 4.69) is 30.9 Å². The van der Waals surface area contributed by atoms with Gasteiger partial charge in [-0.05, 0) is 30.8 Å². The highest BCUT2D eigenvalue weighted by molar-refractivity contribution is 7.99. The number of hydrogen-bond acceptors (Lipinski definition) is 3. The summed E-state index contributed by atoms with van der Waals surface area (Å²) >= 11 is 2.06. The van der Waals surface area contributed by atoms with Gasteiger partial charge in [-0.3, -0.25) is 0 Å². The van der Waals surface area contributed by atoms with Crippen LogP contribution in [-0.2, 0) is 0 Å². The zero-order valence-corrected chi connectivity index (χ0v) is 9.94. The third-order valence-electron chi connectivity index (χ3n) is 3.87. The zero-order chi connectivity index (χ0) is 10.2. The van der Waals surface area contributed by atoms with Crippen LogP contribution in [0.4, 0.5) is 0 Å². The molecule has 0 aromatic carbocycles. The van der Waals surface area contributed by atoms with Crippen LogP contribution in [-0.4, -0.2) is 34.8 Å². The van der Waals surface area contributed by atoms with Crippen LogP contribution in [0.2, 0.25) is 0 Å². The van der Waals surface area contributed by atoms with Gasteiger partial charge < -0.3 is 10.4 Å². The number of nitrogens with one attached hydrogen (secondary N) is 1. The van der Waals surface area contributed by atoms with Crippen LogP contribution in [0.25, 0.3) is 0 Å². The van der Waals surface area contributed by atoms with Crippen molar-refractivity contribution in [1.82, 2.24) is 5.32 Å². The largest absolute Gasteiger partial charge is 0.392 e. The molecule has 1 aliphatic carbocycles. The number of hydrogen-bond donors (Lipinski definition) is 2. The normalized spacial score (nSPS) is 37.9. The third-order valence-corrected chi connectivity index (χ3v) is 4.92. The second-order valence-electron chi connectivity index (χ2n) is 5.18. The Morgan fingerprint density at radius 2 is 1.93 bits per heavy atom. The molecule has 2 N–H and O–H groups in total. The van der Waals surface area contributed by atoms with E-state index in [0.717, 1.165) is 6.42 Å². The lowest BCUT2D eigenvalue weighted by Crippen LogP contribution is -2.62. The van der Waals surface area contributed by atoms with Gasteiger partial charge in [-0.25, -0.2) is 0 Å². The lowest BCUT2D eigenvalue weighted by atomic mass is 9.64. The van der Waals surface area contributed by atoms with Crippen LogP contribution in [0.3, 0.4) is 0 Å². The summed E-state index contributed by atoms with van der Waals surface area (Å²) in [6.45, 7) is 4.33. The van der Waals surface area contributed by atoms with Gasteiger partial charge in [-0.1, -0.05) is 13.8 Å². The maximum atomic E-state index is 9.63. The molecule has 0 aromatic rings. The van der Waals surface area contributed by atoms with E-state index >= 15 is 0 Å². The van der Waals surface area contributed by atoms with Crippen molar-refractivity contribution < 1.29 is 5.11 Å². The van der Waals surface area contributed by atoms with Gasteiger partial charge in [0.25, 0.3) is 0 Å². The Morgan fingerprint density at radius 3 is 2.43 bits per heavy atom. The molecule has 14 heavy (non-hydrogen) atoms. The topological polar surface area (TPSA) is 32.3 Å². The Hall–Kier alpha value is 0.270. The highest BCUT2D eigenvalue weighted by Gasteiger charge is 2.47. The molecule has 3 heteroatoms. The van der Waals surface area contributed by atoms with Gasteiger partial charge in [-0.15, -0.1) is 0 Å². The summed E-state index contributed by atoms with van der Waals surface area (Å²) in [7, 11) is 0. The van der Waals surface area contributed by atoms with E-state index in [1.54, 1.807) is 0 Å². The molecule has 0 bridgehead atoms. The SMILES string of the molecule is CC1(C)C(O)CC1NC1CCSCC1. The van der Waals surface area contributed by atoms with Crippen LogP contribution in [0.5, 0.6) is 0 Å². The molecule has 82 valence electrons. The summed E-state index contributed by atoms with van der Waals surface area (Å²) in [6.07, 6.45) is 3.44. The number of rotatable bonds is 2. The van der Waals surface area contributed by atoms with Crippen LogP contribution >= 0.6 is 11.8 Å². The van der Waals surface area contributed by atoms with Crippen molar-refractivity contribution in [3.05, 3.63) is 0 Å². The van der Waals surface area contributed by atoms with Crippen LogP contribution < -0.4 is 5.32 Å². The fourth-order valence-electron chi connectivity index (χ4n) is 2.33. The second kappa shape index (κ2) is 4.03. The molecule has 2 fully saturated rings. The van der Waals surface area contributed by atoms with Crippen molar-refractivity contribution >= 4 is 11.8 Å². The molecule has 0 amide bonds. The van der Waals surface area contributed by atoms with Gasteiger partial charge in [-0.2, -0.15) is 11.8 Å². The van der Waals surface area contributed by atoms with Crippen molar-refractivity contribution in [2.75, 3.05) is 11.5 Å². The van der Waals surface area contributed by atoms with E-state index in [1.165, 1.54) is 24.3 Å². The molecule has 2 unspecified atom stereocenters. The lowest BCUT2D eigenvalue weighted by Gasteiger charge is -2.51. The average Bonchev–Trinajstić information content (AvgIpc) is 2.19. The first-order chi connectivity index (χ1) is 6.60. The first kappa shape index (κ1) is 10.8. The van der Waals surface area contributed by atoms with Crippen molar-refractivity contribution in [2.45, 2.75) is 51.3 Å². The van der Waals surface area contributed by atoms with Gasteiger partial charge in [0, 0.05) is 17.5 Å². The Labute approximate surface area is 90.8 Å². The fourth-order valence-corrected chi connectivity index (χ4v) is 3.44. The maximum Gasteiger partial charge on any atom is 0.0621 e. The van der Waals surface area contributed by atoms with E-state index in [1.807, 2.05) is 0 Å². The quantitative estimate of drug-likeness (QED) is 0.734. The van der Waals surface area contributed by atoms with E-state index in [0.29, 0.717) is 12.1 Å². The second-order valence-corrected chi connectivity index (χ2v) is 6.40. The molecule has 0 radical (unpaired) electrons. The molecule has 2 rings (SSSR count). The van der Waals surface area contributed by atoms with E-state index in [-0.39, 0.29) is 11.5 Å². The molecule has 1 saturated carbocycles. The Bertz CT molecular complexity index is 201.